The minimum absolute atomic E-state index is 0.0392. The summed E-state index contributed by atoms with van der Waals surface area (Å²) in [6, 6.07) is 4.51. The van der Waals surface area contributed by atoms with Gasteiger partial charge in [-0.2, -0.15) is 13.2 Å². The van der Waals surface area contributed by atoms with Crippen molar-refractivity contribution < 1.29 is 18.3 Å². The van der Waals surface area contributed by atoms with Crippen molar-refractivity contribution in [1.29, 1.82) is 0 Å². The number of hydrogen-bond donors (Lipinski definition) is 1. The Kier molecular flexibility index (Phi) is 5.10. The topological polar surface area (TPSA) is 20.2 Å². The van der Waals surface area contributed by atoms with Crippen molar-refractivity contribution in [3.8, 4) is 0 Å². The van der Waals surface area contributed by atoms with Gasteiger partial charge < -0.3 is 5.11 Å². The molecule has 1 aromatic rings. The van der Waals surface area contributed by atoms with Gasteiger partial charge in [0.1, 0.15) is 0 Å². The number of aliphatic hydroxyl groups is 1. The molecule has 0 bridgehead atoms. The van der Waals surface area contributed by atoms with E-state index in [2.05, 4.69) is 0 Å². The minimum Gasteiger partial charge on any atom is -0.388 e. The molecule has 1 nitrogen and oxygen atoms in total. The van der Waals surface area contributed by atoms with Crippen LogP contribution in [0.2, 0.25) is 10.0 Å². The van der Waals surface area contributed by atoms with E-state index in [-0.39, 0.29) is 17.9 Å². The highest BCUT2D eigenvalue weighted by Gasteiger charge is 2.26. The molecule has 0 saturated heterocycles. The zero-order valence-electron chi connectivity index (χ0n) is 8.77. The van der Waals surface area contributed by atoms with E-state index < -0.39 is 18.7 Å². The van der Waals surface area contributed by atoms with Gasteiger partial charge in [0.15, 0.2) is 0 Å². The van der Waals surface area contributed by atoms with Gasteiger partial charge in [0, 0.05) is 6.42 Å². The molecule has 0 aliphatic rings. The molecule has 1 unspecified atom stereocenters. The van der Waals surface area contributed by atoms with Crippen molar-refractivity contribution in [3.05, 3.63) is 33.8 Å². The van der Waals surface area contributed by atoms with Gasteiger partial charge in [-0.1, -0.05) is 29.3 Å². The first kappa shape index (κ1) is 14.6. The van der Waals surface area contributed by atoms with Crippen LogP contribution in [0.25, 0.3) is 0 Å². The van der Waals surface area contributed by atoms with E-state index >= 15 is 0 Å². The third kappa shape index (κ3) is 5.15. The van der Waals surface area contributed by atoms with Crippen LogP contribution < -0.4 is 0 Å². The zero-order chi connectivity index (χ0) is 13.1. The van der Waals surface area contributed by atoms with Crippen LogP contribution in [0.3, 0.4) is 0 Å². The lowest BCUT2D eigenvalue weighted by Gasteiger charge is -2.12. The summed E-state index contributed by atoms with van der Waals surface area (Å²) < 4.78 is 35.7. The van der Waals surface area contributed by atoms with Crippen LogP contribution in [0.4, 0.5) is 13.2 Å². The summed E-state index contributed by atoms with van der Waals surface area (Å²) in [5, 5.41) is 10.3. The Bertz CT molecular complexity index is 379. The molecule has 0 amide bonds. The first-order valence-electron chi connectivity index (χ1n) is 4.99. The molecule has 6 heteroatoms. The second-order valence-corrected chi connectivity index (χ2v) is 4.51. The van der Waals surface area contributed by atoms with Crippen molar-refractivity contribution in [1.82, 2.24) is 0 Å². The maximum Gasteiger partial charge on any atom is 0.389 e. The summed E-state index contributed by atoms with van der Waals surface area (Å²) in [7, 11) is 0. The average molecular weight is 287 g/mol. The first-order chi connectivity index (χ1) is 7.79. The Labute approximate surface area is 107 Å². The van der Waals surface area contributed by atoms with Crippen molar-refractivity contribution in [2.45, 2.75) is 31.5 Å². The van der Waals surface area contributed by atoms with Crippen LogP contribution in [-0.4, -0.2) is 11.3 Å². The molecule has 0 radical (unpaired) electrons. The van der Waals surface area contributed by atoms with Crippen LogP contribution >= 0.6 is 23.2 Å². The number of aliphatic hydroxyl groups excluding tert-OH is 1. The number of rotatable bonds is 4. The number of hydrogen-bond acceptors (Lipinski definition) is 1. The molecule has 0 spiro atoms. The molecular formula is C11H11Cl2F3O. The summed E-state index contributed by atoms with van der Waals surface area (Å²) >= 11 is 11.4. The van der Waals surface area contributed by atoms with Crippen LogP contribution in [-0.2, 0) is 0 Å². The first-order valence-corrected chi connectivity index (χ1v) is 5.75. The number of benzene rings is 1. The Morgan fingerprint density at radius 3 is 2.35 bits per heavy atom. The summed E-state index contributed by atoms with van der Waals surface area (Å²) in [6.45, 7) is 0. The molecular weight excluding hydrogens is 276 g/mol. The molecule has 0 aliphatic heterocycles. The second kappa shape index (κ2) is 5.94. The normalized spacial score (nSPS) is 13.8. The Morgan fingerprint density at radius 2 is 1.82 bits per heavy atom. The zero-order valence-corrected chi connectivity index (χ0v) is 10.3. The van der Waals surface area contributed by atoms with Gasteiger partial charge in [-0.3, -0.25) is 0 Å². The van der Waals surface area contributed by atoms with E-state index in [0.29, 0.717) is 10.6 Å². The lowest BCUT2D eigenvalue weighted by molar-refractivity contribution is -0.136. The molecule has 1 atom stereocenters. The number of halogens is 5. The van der Waals surface area contributed by atoms with E-state index in [1.165, 1.54) is 12.1 Å². The maximum atomic E-state index is 11.9. The Morgan fingerprint density at radius 1 is 1.18 bits per heavy atom. The lowest BCUT2D eigenvalue weighted by Crippen LogP contribution is -2.08. The third-order valence-electron chi connectivity index (χ3n) is 2.27. The molecule has 0 heterocycles. The molecule has 1 rings (SSSR count). The maximum absolute atomic E-state index is 11.9. The van der Waals surface area contributed by atoms with Gasteiger partial charge in [-0.25, -0.2) is 0 Å². The van der Waals surface area contributed by atoms with Crippen LogP contribution in [0.1, 0.15) is 30.9 Å². The predicted octanol–water partition coefficient (Wildman–Crippen LogP) is 4.76. The highest BCUT2D eigenvalue weighted by molar-refractivity contribution is 6.42. The fourth-order valence-electron chi connectivity index (χ4n) is 1.38. The van der Waals surface area contributed by atoms with Gasteiger partial charge in [-0.05, 0) is 30.5 Å². The standard InChI is InChI=1S/C11H11Cl2F3O/c12-8-4-3-7(6-9(8)13)10(17)2-1-5-11(14,15)16/h3-4,6,10,17H,1-2,5H2. The molecule has 17 heavy (non-hydrogen) atoms. The molecule has 1 aromatic carbocycles. The van der Waals surface area contributed by atoms with Gasteiger partial charge in [0.05, 0.1) is 16.1 Å². The molecule has 0 saturated carbocycles. The van der Waals surface area contributed by atoms with E-state index in [4.69, 9.17) is 23.2 Å². The largest absolute Gasteiger partial charge is 0.389 e. The third-order valence-corrected chi connectivity index (χ3v) is 3.01. The van der Waals surface area contributed by atoms with Crippen molar-refractivity contribution in [3.63, 3.8) is 0 Å². The Hall–Kier alpha value is -0.450. The van der Waals surface area contributed by atoms with Crippen LogP contribution in [0.5, 0.6) is 0 Å². The molecule has 1 N–H and O–H groups in total. The van der Waals surface area contributed by atoms with Crippen LogP contribution in [0.15, 0.2) is 18.2 Å². The van der Waals surface area contributed by atoms with Crippen molar-refractivity contribution in [2.75, 3.05) is 0 Å². The fraction of sp³-hybridized carbons (Fsp3) is 0.455. The minimum atomic E-state index is -4.18. The SMILES string of the molecule is OC(CCCC(F)(F)F)c1ccc(Cl)c(Cl)c1. The monoisotopic (exact) mass is 286 g/mol. The van der Waals surface area contributed by atoms with E-state index in [0.717, 1.165) is 0 Å². The second-order valence-electron chi connectivity index (χ2n) is 3.70. The molecule has 0 aliphatic carbocycles. The molecule has 0 aromatic heterocycles. The van der Waals surface area contributed by atoms with Crippen LogP contribution in [0, 0.1) is 0 Å². The van der Waals surface area contributed by atoms with Gasteiger partial charge >= 0.3 is 6.18 Å². The smallest absolute Gasteiger partial charge is 0.388 e. The highest BCUT2D eigenvalue weighted by atomic mass is 35.5. The molecule has 0 fully saturated rings. The van der Waals surface area contributed by atoms with Crippen molar-refractivity contribution >= 4 is 23.2 Å². The fourth-order valence-corrected chi connectivity index (χ4v) is 1.69. The summed E-state index contributed by atoms with van der Waals surface area (Å²) in [6.07, 6.45) is -6.11. The summed E-state index contributed by atoms with van der Waals surface area (Å²) in [5.74, 6) is 0. The van der Waals surface area contributed by atoms with Crippen molar-refractivity contribution in [2.24, 2.45) is 0 Å². The highest BCUT2D eigenvalue weighted by Crippen LogP contribution is 2.29. The summed E-state index contributed by atoms with van der Waals surface area (Å²) in [4.78, 5) is 0. The van der Waals surface area contributed by atoms with E-state index in [1.54, 1.807) is 6.07 Å². The van der Waals surface area contributed by atoms with Gasteiger partial charge in [-0.15, -0.1) is 0 Å². The predicted molar refractivity (Wildman–Crippen MR) is 61.3 cm³/mol. The summed E-state index contributed by atoms with van der Waals surface area (Å²) in [5.41, 5.74) is 0.474. The Balaban J connectivity index is 2.52. The molecule has 96 valence electrons. The van der Waals surface area contributed by atoms with E-state index in [9.17, 15) is 18.3 Å². The van der Waals surface area contributed by atoms with Gasteiger partial charge in [0.2, 0.25) is 0 Å². The average Bonchev–Trinajstić information content (AvgIpc) is 2.20. The quantitative estimate of drug-likeness (QED) is 0.846. The van der Waals surface area contributed by atoms with Gasteiger partial charge in [0.25, 0.3) is 0 Å². The number of alkyl halides is 3. The lowest BCUT2D eigenvalue weighted by atomic mass is 10.0. The van der Waals surface area contributed by atoms with E-state index in [1.807, 2.05) is 0 Å².